The Labute approximate surface area is 174 Å². The lowest BCUT2D eigenvalue weighted by Crippen LogP contribution is -2.37. The predicted molar refractivity (Wildman–Crippen MR) is 114 cm³/mol. The molecule has 1 atom stereocenters. The minimum absolute atomic E-state index is 0.0332. The number of fused-ring (bicyclic) bond motifs is 1. The first-order valence-corrected chi connectivity index (χ1v) is 9.72. The van der Waals surface area contributed by atoms with Crippen molar-refractivity contribution in [3.05, 3.63) is 87.9 Å². The molecule has 142 valence electrons. The van der Waals surface area contributed by atoms with E-state index in [9.17, 15) is 4.79 Å². The zero-order valence-electron chi connectivity index (χ0n) is 15.6. The van der Waals surface area contributed by atoms with Gasteiger partial charge in [0.1, 0.15) is 5.75 Å². The number of hydrogen-bond acceptors (Lipinski definition) is 2. The molecule has 0 aromatic heterocycles. The lowest BCUT2D eigenvalue weighted by atomic mass is 9.78. The maximum atomic E-state index is 13.8. The van der Waals surface area contributed by atoms with E-state index in [1.807, 2.05) is 55.5 Å². The van der Waals surface area contributed by atoms with Crippen LogP contribution in [0.4, 0.5) is 11.4 Å². The van der Waals surface area contributed by atoms with Gasteiger partial charge in [0, 0.05) is 15.6 Å². The highest BCUT2D eigenvalue weighted by Crippen LogP contribution is 2.51. The standard InChI is InChI=1S/C23H19Cl2NO2/c1-23(14-15-7-4-3-5-8-15)21-19(9-6-10-20(21)28-2)26(22(23)27)18-12-16(24)11-17(25)13-18/h3-13H,14H2,1-2H3. The first-order chi connectivity index (χ1) is 13.4. The second-order valence-electron chi connectivity index (χ2n) is 7.12. The van der Waals surface area contributed by atoms with Gasteiger partial charge in [0.05, 0.1) is 23.9 Å². The number of ether oxygens (including phenoxy) is 1. The molecule has 28 heavy (non-hydrogen) atoms. The number of carbonyl (C=O) groups excluding carboxylic acids is 1. The number of methoxy groups -OCH3 is 1. The fourth-order valence-corrected chi connectivity index (χ4v) is 4.50. The van der Waals surface area contributed by atoms with Crippen LogP contribution >= 0.6 is 23.2 Å². The van der Waals surface area contributed by atoms with Crippen LogP contribution in [0.3, 0.4) is 0 Å². The lowest BCUT2D eigenvalue weighted by Gasteiger charge is -2.25. The average molecular weight is 412 g/mol. The molecule has 0 radical (unpaired) electrons. The Morgan fingerprint density at radius 3 is 2.29 bits per heavy atom. The summed E-state index contributed by atoms with van der Waals surface area (Å²) >= 11 is 12.4. The van der Waals surface area contributed by atoms with Gasteiger partial charge in [0.15, 0.2) is 0 Å². The van der Waals surface area contributed by atoms with Crippen molar-refractivity contribution in [2.75, 3.05) is 12.0 Å². The summed E-state index contributed by atoms with van der Waals surface area (Å²) in [4.78, 5) is 15.5. The summed E-state index contributed by atoms with van der Waals surface area (Å²) in [5, 5.41) is 0.966. The van der Waals surface area contributed by atoms with Crippen molar-refractivity contribution >= 4 is 40.5 Å². The van der Waals surface area contributed by atoms with Crippen LogP contribution in [-0.2, 0) is 16.6 Å². The van der Waals surface area contributed by atoms with E-state index in [1.165, 1.54) is 0 Å². The molecule has 1 aliphatic heterocycles. The second-order valence-corrected chi connectivity index (χ2v) is 7.99. The summed E-state index contributed by atoms with van der Waals surface area (Å²) in [6.45, 7) is 1.97. The number of carbonyl (C=O) groups is 1. The maximum absolute atomic E-state index is 13.8. The summed E-state index contributed by atoms with van der Waals surface area (Å²) in [5.74, 6) is 0.661. The summed E-state index contributed by atoms with van der Waals surface area (Å²) in [5.41, 5.74) is 2.62. The van der Waals surface area contributed by atoms with Crippen LogP contribution in [0.1, 0.15) is 18.1 Å². The number of amides is 1. The largest absolute Gasteiger partial charge is 0.496 e. The smallest absolute Gasteiger partial charge is 0.242 e. The Kier molecular flexibility index (Phi) is 4.82. The molecule has 0 N–H and O–H groups in total. The van der Waals surface area contributed by atoms with Crippen molar-refractivity contribution in [1.29, 1.82) is 0 Å². The number of benzene rings is 3. The zero-order chi connectivity index (χ0) is 19.9. The van der Waals surface area contributed by atoms with Gasteiger partial charge in [-0.2, -0.15) is 0 Å². The van der Waals surface area contributed by atoms with Crippen molar-refractivity contribution in [3.8, 4) is 5.75 Å². The highest BCUT2D eigenvalue weighted by Gasteiger charge is 2.50. The number of halogens is 2. The Morgan fingerprint density at radius 1 is 0.964 bits per heavy atom. The number of rotatable bonds is 4. The molecule has 4 rings (SSSR count). The van der Waals surface area contributed by atoms with Gasteiger partial charge in [-0.3, -0.25) is 9.69 Å². The summed E-state index contributed by atoms with van der Waals surface area (Å²) in [7, 11) is 1.63. The third-order valence-electron chi connectivity index (χ3n) is 5.20. The van der Waals surface area contributed by atoms with Crippen LogP contribution in [0.5, 0.6) is 5.75 Å². The van der Waals surface area contributed by atoms with E-state index < -0.39 is 5.41 Å². The van der Waals surface area contributed by atoms with Gasteiger partial charge in [-0.15, -0.1) is 0 Å². The second kappa shape index (κ2) is 7.16. The molecule has 0 aliphatic carbocycles. The monoisotopic (exact) mass is 411 g/mol. The molecule has 1 amide bonds. The highest BCUT2D eigenvalue weighted by atomic mass is 35.5. The van der Waals surface area contributed by atoms with Crippen molar-refractivity contribution in [1.82, 2.24) is 0 Å². The van der Waals surface area contributed by atoms with E-state index in [2.05, 4.69) is 0 Å². The molecule has 3 nitrogen and oxygen atoms in total. The minimum atomic E-state index is -0.780. The molecule has 0 saturated heterocycles. The van der Waals surface area contributed by atoms with Gasteiger partial charge in [-0.05, 0) is 49.2 Å². The van der Waals surface area contributed by atoms with Gasteiger partial charge < -0.3 is 4.74 Å². The van der Waals surface area contributed by atoms with Crippen LogP contribution in [0, 0.1) is 0 Å². The first-order valence-electron chi connectivity index (χ1n) is 8.96. The maximum Gasteiger partial charge on any atom is 0.242 e. The lowest BCUT2D eigenvalue weighted by molar-refractivity contribution is -0.122. The highest BCUT2D eigenvalue weighted by molar-refractivity contribution is 6.35. The summed E-state index contributed by atoms with van der Waals surface area (Å²) < 4.78 is 5.64. The fourth-order valence-electron chi connectivity index (χ4n) is 3.99. The van der Waals surface area contributed by atoms with E-state index in [4.69, 9.17) is 27.9 Å². The molecule has 3 aromatic carbocycles. The first kappa shape index (κ1) is 18.9. The minimum Gasteiger partial charge on any atom is -0.496 e. The zero-order valence-corrected chi connectivity index (χ0v) is 17.1. The van der Waals surface area contributed by atoms with Crippen molar-refractivity contribution in [2.45, 2.75) is 18.8 Å². The topological polar surface area (TPSA) is 29.5 Å². The van der Waals surface area contributed by atoms with Crippen molar-refractivity contribution in [3.63, 3.8) is 0 Å². The molecule has 1 aliphatic rings. The van der Waals surface area contributed by atoms with E-state index in [1.54, 1.807) is 30.2 Å². The van der Waals surface area contributed by atoms with Crippen LogP contribution in [0.2, 0.25) is 10.0 Å². The van der Waals surface area contributed by atoms with Crippen LogP contribution in [0.15, 0.2) is 66.7 Å². The number of hydrogen-bond donors (Lipinski definition) is 0. The Bertz CT molecular complexity index is 1030. The Morgan fingerprint density at radius 2 is 1.64 bits per heavy atom. The summed E-state index contributed by atoms with van der Waals surface area (Å²) in [6, 6.07) is 20.9. The third-order valence-corrected chi connectivity index (χ3v) is 5.63. The molecule has 3 aromatic rings. The molecule has 0 fully saturated rings. The summed E-state index contributed by atoms with van der Waals surface area (Å²) in [6.07, 6.45) is 0.560. The van der Waals surface area contributed by atoms with E-state index in [0.717, 1.165) is 16.8 Å². The molecule has 0 saturated carbocycles. The average Bonchev–Trinajstić information content (AvgIpc) is 2.89. The fraction of sp³-hybridized carbons (Fsp3) is 0.174. The number of anilines is 2. The van der Waals surface area contributed by atoms with Crippen LogP contribution in [0.25, 0.3) is 0 Å². The van der Waals surface area contributed by atoms with Gasteiger partial charge >= 0.3 is 0 Å². The SMILES string of the molecule is COc1cccc2c1C(C)(Cc1ccccc1)C(=O)N2c1cc(Cl)cc(Cl)c1. The predicted octanol–water partition coefficient (Wildman–Crippen LogP) is 6.18. The molecule has 0 bridgehead atoms. The third kappa shape index (κ3) is 3.05. The molecule has 1 unspecified atom stereocenters. The van der Waals surface area contributed by atoms with E-state index in [-0.39, 0.29) is 5.91 Å². The van der Waals surface area contributed by atoms with Crippen molar-refractivity contribution < 1.29 is 9.53 Å². The van der Waals surface area contributed by atoms with Crippen LogP contribution in [-0.4, -0.2) is 13.0 Å². The van der Waals surface area contributed by atoms with E-state index in [0.29, 0.717) is 27.9 Å². The quantitative estimate of drug-likeness (QED) is 0.512. The Hall–Kier alpha value is -2.49. The van der Waals surface area contributed by atoms with E-state index >= 15 is 0 Å². The van der Waals surface area contributed by atoms with Gasteiger partial charge in [0.25, 0.3) is 0 Å². The van der Waals surface area contributed by atoms with Gasteiger partial charge in [-0.1, -0.05) is 59.6 Å². The molecule has 0 spiro atoms. The molecule has 5 heteroatoms. The van der Waals surface area contributed by atoms with Gasteiger partial charge in [0.2, 0.25) is 5.91 Å². The normalized spacial score (nSPS) is 18.3. The molecular formula is C23H19Cl2NO2. The molecule has 1 heterocycles. The molecular weight excluding hydrogens is 393 g/mol. The van der Waals surface area contributed by atoms with Gasteiger partial charge in [-0.25, -0.2) is 0 Å². The van der Waals surface area contributed by atoms with Crippen molar-refractivity contribution in [2.24, 2.45) is 0 Å². The number of nitrogens with zero attached hydrogens (tertiary/aromatic N) is 1. The van der Waals surface area contributed by atoms with Crippen LogP contribution < -0.4 is 9.64 Å². The Balaban J connectivity index is 1.91.